The summed E-state index contributed by atoms with van der Waals surface area (Å²) in [5, 5.41) is 16.2. The Balaban J connectivity index is 0.000000771. The lowest BCUT2D eigenvalue weighted by atomic mass is 9.98. The molecule has 1 N–H and O–H groups in total. The van der Waals surface area contributed by atoms with Crippen LogP contribution >= 0.6 is 11.6 Å². The number of rotatable bonds is 2. The summed E-state index contributed by atoms with van der Waals surface area (Å²) in [6.07, 6.45) is 6.37. The minimum absolute atomic E-state index is 0.317. The Labute approximate surface area is 113 Å². The second-order valence-electron chi connectivity index (χ2n) is 4.13. The lowest BCUT2D eigenvalue weighted by molar-refractivity contribution is 0.155. The first kappa shape index (κ1) is 14.8. The van der Waals surface area contributed by atoms with Crippen molar-refractivity contribution in [3.8, 4) is 11.8 Å². The molecular formula is C14H18ClNO2. The molecule has 0 bridgehead atoms. The van der Waals surface area contributed by atoms with Crippen LogP contribution in [0.15, 0.2) is 18.2 Å². The molecule has 0 aliphatic heterocycles. The molecule has 0 atom stereocenters. The quantitative estimate of drug-likeness (QED) is 0.892. The molecule has 0 unspecified atom stereocenters. The standard InChI is InChI=1S/C13H14ClNO.CH4O/c14-13-8-12(7-6-10(13)9-15)16-11-4-2-1-3-5-11;1-2/h6-8,11H,1-5H2;2H,1H3. The highest BCUT2D eigenvalue weighted by Crippen LogP contribution is 2.26. The van der Waals surface area contributed by atoms with Crippen molar-refractivity contribution in [2.45, 2.75) is 38.2 Å². The molecule has 0 aromatic heterocycles. The number of halogens is 1. The maximum absolute atomic E-state index is 8.76. The van der Waals surface area contributed by atoms with E-state index in [4.69, 9.17) is 26.7 Å². The lowest BCUT2D eigenvalue weighted by Crippen LogP contribution is -2.19. The Bertz CT molecular complexity index is 409. The van der Waals surface area contributed by atoms with Crippen LogP contribution in [0.25, 0.3) is 0 Å². The van der Waals surface area contributed by atoms with Crippen LogP contribution in [-0.2, 0) is 0 Å². The number of aliphatic hydroxyl groups is 1. The van der Waals surface area contributed by atoms with Crippen LogP contribution < -0.4 is 4.74 Å². The van der Waals surface area contributed by atoms with Gasteiger partial charge in [-0.1, -0.05) is 18.0 Å². The normalized spacial score (nSPS) is 15.2. The number of nitrogens with zero attached hydrogens (tertiary/aromatic N) is 1. The molecule has 1 aromatic carbocycles. The van der Waals surface area contributed by atoms with Gasteiger partial charge in [-0.05, 0) is 37.8 Å². The summed E-state index contributed by atoms with van der Waals surface area (Å²) >= 11 is 5.94. The summed E-state index contributed by atoms with van der Waals surface area (Å²) in [5.41, 5.74) is 0.498. The average Bonchev–Trinajstić information content (AvgIpc) is 2.42. The third-order valence-corrected chi connectivity index (χ3v) is 3.23. The van der Waals surface area contributed by atoms with E-state index in [1.807, 2.05) is 12.1 Å². The molecule has 0 amide bonds. The summed E-state index contributed by atoms with van der Waals surface area (Å²) in [5.74, 6) is 0.774. The van der Waals surface area contributed by atoms with Crippen molar-refractivity contribution < 1.29 is 9.84 Å². The van der Waals surface area contributed by atoms with Gasteiger partial charge in [-0.25, -0.2) is 0 Å². The van der Waals surface area contributed by atoms with Crippen molar-refractivity contribution >= 4 is 11.6 Å². The maximum atomic E-state index is 8.76. The minimum Gasteiger partial charge on any atom is -0.490 e. The topological polar surface area (TPSA) is 53.2 Å². The predicted molar refractivity (Wildman–Crippen MR) is 71.8 cm³/mol. The molecule has 0 radical (unpaired) electrons. The smallest absolute Gasteiger partial charge is 0.121 e. The maximum Gasteiger partial charge on any atom is 0.121 e. The Morgan fingerprint density at radius 2 is 1.94 bits per heavy atom. The predicted octanol–water partition coefficient (Wildman–Crippen LogP) is 3.53. The second-order valence-corrected chi connectivity index (χ2v) is 4.54. The largest absolute Gasteiger partial charge is 0.490 e. The van der Waals surface area contributed by atoms with Crippen LogP contribution in [0.1, 0.15) is 37.7 Å². The van der Waals surface area contributed by atoms with Crippen molar-refractivity contribution in [1.29, 1.82) is 5.26 Å². The van der Waals surface area contributed by atoms with Gasteiger partial charge >= 0.3 is 0 Å². The van der Waals surface area contributed by atoms with E-state index in [9.17, 15) is 0 Å². The van der Waals surface area contributed by atoms with Gasteiger partial charge in [0, 0.05) is 13.2 Å². The van der Waals surface area contributed by atoms with E-state index < -0.39 is 0 Å². The highest BCUT2D eigenvalue weighted by Gasteiger charge is 2.15. The third kappa shape index (κ3) is 4.21. The molecule has 1 aliphatic rings. The van der Waals surface area contributed by atoms with E-state index in [1.165, 1.54) is 19.3 Å². The first-order chi connectivity index (χ1) is 8.79. The highest BCUT2D eigenvalue weighted by atomic mass is 35.5. The van der Waals surface area contributed by atoms with Gasteiger partial charge in [0.15, 0.2) is 0 Å². The van der Waals surface area contributed by atoms with Crippen LogP contribution in [-0.4, -0.2) is 18.3 Å². The van der Waals surface area contributed by atoms with Crippen LogP contribution in [0, 0.1) is 11.3 Å². The van der Waals surface area contributed by atoms with Gasteiger partial charge in [0.25, 0.3) is 0 Å². The fraction of sp³-hybridized carbons (Fsp3) is 0.500. The summed E-state index contributed by atoms with van der Waals surface area (Å²) in [6.45, 7) is 0. The van der Waals surface area contributed by atoms with Gasteiger partial charge in [0.05, 0.1) is 16.7 Å². The van der Waals surface area contributed by atoms with Gasteiger partial charge in [0.2, 0.25) is 0 Å². The van der Waals surface area contributed by atoms with Gasteiger partial charge in [-0.15, -0.1) is 0 Å². The van der Waals surface area contributed by atoms with E-state index in [0.29, 0.717) is 16.7 Å². The van der Waals surface area contributed by atoms with Crippen LogP contribution in [0.5, 0.6) is 5.75 Å². The molecule has 0 heterocycles. The summed E-state index contributed by atoms with van der Waals surface area (Å²) in [7, 11) is 1.00. The molecule has 3 nitrogen and oxygen atoms in total. The van der Waals surface area contributed by atoms with Crippen molar-refractivity contribution in [2.24, 2.45) is 0 Å². The molecule has 2 rings (SSSR count). The van der Waals surface area contributed by atoms with E-state index in [1.54, 1.807) is 12.1 Å². The van der Waals surface area contributed by atoms with Gasteiger partial charge in [0.1, 0.15) is 11.8 Å². The Morgan fingerprint density at radius 3 is 2.50 bits per heavy atom. The summed E-state index contributed by atoms with van der Waals surface area (Å²) in [4.78, 5) is 0. The van der Waals surface area contributed by atoms with Crippen LogP contribution in [0.4, 0.5) is 0 Å². The third-order valence-electron chi connectivity index (χ3n) is 2.92. The van der Waals surface area contributed by atoms with Crippen LogP contribution in [0.3, 0.4) is 0 Å². The zero-order valence-electron chi connectivity index (χ0n) is 10.5. The molecule has 0 spiro atoms. The molecule has 4 heteroatoms. The fourth-order valence-electron chi connectivity index (χ4n) is 2.04. The lowest BCUT2D eigenvalue weighted by Gasteiger charge is -2.23. The summed E-state index contributed by atoms with van der Waals surface area (Å²) < 4.78 is 5.84. The average molecular weight is 268 g/mol. The SMILES string of the molecule is CO.N#Cc1ccc(OC2CCCCC2)cc1Cl. The number of aliphatic hydroxyl groups excluding tert-OH is 1. The van der Waals surface area contributed by atoms with Crippen LogP contribution in [0.2, 0.25) is 5.02 Å². The molecule has 1 aliphatic carbocycles. The van der Waals surface area contributed by atoms with Gasteiger partial charge in [-0.2, -0.15) is 5.26 Å². The van der Waals surface area contributed by atoms with E-state index in [2.05, 4.69) is 0 Å². The van der Waals surface area contributed by atoms with E-state index in [-0.39, 0.29) is 0 Å². The second kappa shape index (κ2) is 7.97. The molecule has 0 saturated heterocycles. The monoisotopic (exact) mass is 267 g/mol. The Morgan fingerprint density at radius 1 is 1.28 bits per heavy atom. The number of benzene rings is 1. The molecule has 1 fully saturated rings. The minimum atomic E-state index is 0.317. The van der Waals surface area contributed by atoms with Crippen molar-refractivity contribution in [3.05, 3.63) is 28.8 Å². The summed E-state index contributed by atoms with van der Waals surface area (Å²) in [6, 6.07) is 7.30. The zero-order chi connectivity index (χ0) is 13.4. The van der Waals surface area contributed by atoms with Crippen molar-refractivity contribution in [1.82, 2.24) is 0 Å². The molecule has 1 saturated carbocycles. The molecule has 98 valence electrons. The van der Waals surface area contributed by atoms with E-state index in [0.717, 1.165) is 25.7 Å². The van der Waals surface area contributed by atoms with Crippen molar-refractivity contribution in [3.63, 3.8) is 0 Å². The van der Waals surface area contributed by atoms with Gasteiger partial charge in [-0.3, -0.25) is 0 Å². The molecule has 1 aromatic rings. The fourth-order valence-corrected chi connectivity index (χ4v) is 2.25. The van der Waals surface area contributed by atoms with Crippen molar-refractivity contribution in [2.75, 3.05) is 7.11 Å². The number of ether oxygens (including phenoxy) is 1. The number of hydrogen-bond donors (Lipinski definition) is 1. The molecular weight excluding hydrogens is 250 g/mol. The van der Waals surface area contributed by atoms with E-state index >= 15 is 0 Å². The number of nitriles is 1. The molecule has 18 heavy (non-hydrogen) atoms. The number of hydrogen-bond acceptors (Lipinski definition) is 3. The first-order valence-corrected chi connectivity index (χ1v) is 6.48. The highest BCUT2D eigenvalue weighted by molar-refractivity contribution is 6.31. The first-order valence-electron chi connectivity index (χ1n) is 6.10. The van der Waals surface area contributed by atoms with Gasteiger partial charge < -0.3 is 9.84 Å². The Kier molecular flexibility index (Phi) is 6.56. The Hall–Kier alpha value is -1.24. The zero-order valence-corrected chi connectivity index (χ0v) is 11.3.